The van der Waals surface area contributed by atoms with Crippen LogP contribution in [0.15, 0.2) is 60.7 Å². The fraction of sp³-hybridized carbons (Fsp3) is 0.435. The van der Waals surface area contributed by atoms with E-state index in [1.54, 1.807) is 17.0 Å². The summed E-state index contributed by atoms with van der Waals surface area (Å²) in [7, 11) is -6.57. The summed E-state index contributed by atoms with van der Waals surface area (Å²) in [5, 5.41) is 0. The smallest absolute Gasteiger partial charge is 0.241 e. The molecular formula is C23H29N3O5S2. The van der Waals surface area contributed by atoms with Gasteiger partial charge in [-0.1, -0.05) is 48.5 Å². The van der Waals surface area contributed by atoms with Gasteiger partial charge in [-0.2, -0.15) is 4.31 Å². The van der Waals surface area contributed by atoms with E-state index in [9.17, 15) is 21.6 Å². The van der Waals surface area contributed by atoms with Crippen molar-refractivity contribution in [3.63, 3.8) is 0 Å². The van der Waals surface area contributed by atoms with E-state index in [4.69, 9.17) is 0 Å². The van der Waals surface area contributed by atoms with Gasteiger partial charge in [-0.25, -0.2) is 16.8 Å². The third-order valence-corrected chi connectivity index (χ3v) is 9.75. The standard InChI is InChI=1S/C23H29N3O5S2/c27-23(26(21-9-5-2-6-10-21)22-11-16-32(28,29)19-22)17-24-12-14-25(15-13-24)33(30,31)18-20-7-3-1-4-8-20/h1-10,22H,11-19H2/t22-/m0/s1. The molecule has 0 aliphatic carbocycles. The Balaban J connectivity index is 1.39. The maximum atomic E-state index is 13.3. The molecule has 8 nitrogen and oxygen atoms in total. The van der Waals surface area contributed by atoms with Crippen LogP contribution in [0, 0.1) is 0 Å². The molecule has 0 unspecified atom stereocenters. The van der Waals surface area contributed by atoms with E-state index in [-0.39, 0.29) is 35.8 Å². The summed E-state index contributed by atoms with van der Waals surface area (Å²) >= 11 is 0. The van der Waals surface area contributed by atoms with Gasteiger partial charge in [-0.05, 0) is 24.1 Å². The lowest BCUT2D eigenvalue weighted by Crippen LogP contribution is -2.53. The number of piperazine rings is 1. The van der Waals surface area contributed by atoms with E-state index < -0.39 is 19.9 Å². The second-order valence-electron chi connectivity index (χ2n) is 8.57. The van der Waals surface area contributed by atoms with E-state index >= 15 is 0 Å². The van der Waals surface area contributed by atoms with Crippen LogP contribution in [-0.2, 0) is 30.4 Å². The molecule has 1 amide bonds. The average molecular weight is 492 g/mol. The summed E-state index contributed by atoms with van der Waals surface area (Å²) in [5.74, 6) is -0.139. The number of carbonyl (C=O) groups is 1. The average Bonchev–Trinajstić information content (AvgIpc) is 3.14. The Kier molecular flexibility index (Phi) is 7.18. The van der Waals surface area contributed by atoms with Gasteiger partial charge in [0, 0.05) is 31.9 Å². The van der Waals surface area contributed by atoms with E-state index in [0.717, 1.165) is 5.56 Å². The Morgan fingerprint density at radius 3 is 2.12 bits per heavy atom. The molecule has 2 fully saturated rings. The van der Waals surface area contributed by atoms with Crippen molar-refractivity contribution in [2.75, 3.05) is 49.1 Å². The van der Waals surface area contributed by atoms with Crippen molar-refractivity contribution < 1.29 is 21.6 Å². The quantitative estimate of drug-likeness (QED) is 0.580. The Hall–Kier alpha value is -2.27. The summed E-state index contributed by atoms with van der Waals surface area (Å²) in [5.41, 5.74) is 1.44. The second kappa shape index (κ2) is 9.92. The predicted molar refractivity (Wildman–Crippen MR) is 128 cm³/mol. The minimum absolute atomic E-state index is 0.0286. The lowest BCUT2D eigenvalue weighted by molar-refractivity contribution is -0.120. The number of anilines is 1. The molecule has 0 aromatic heterocycles. The first-order chi connectivity index (χ1) is 15.7. The molecule has 0 bridgehead atoms. The maximum absolute atomic E-state index is 13.3. The van der Waals surface area contributed by atoms with Crippen molar-refractivity contribution in [2.45, 2.75) is 18.2 Å². The van der Waals surface area contributed by atoms with Gasteiger partial charge in [0.1, 0.15) is 0 Å². The van der Waals surface area contributed by atoms with Crippen molar-refractivity contribution in [1.29, 1.82) is 0 Å². The van der Waals surface area contributed by atoms with Crippen LogP contribution in [0.5, 0.6) is 0 Å². The van der Waals surface area contributed by atoms with E-state index in [2.05, 4.69) is 0 Å². The molecule has 33 heavy (non-hydrogen) atoms. The molecule has 4 rings (SSSR count). The Morgan fingerprint density at radius 1 is 0.939 bits per heavy atom. The first kappa shape index (κ1) is 23.9. The zero-order valence-corrected chi connectivity index (χ0v) is 20.0. The fourth-order valence-corrected chi connectivity index (χ4v) is 7.65. The Bertz CT molecular complexity index is 1160. The minimum Gasteiger partial charge on any atom is -0.307 e. The predicted octanol–water partition coefficient (Wildman–Crippen LogP) is 1.35. The van der Waals surface area contributed by atoms with Crippen molar-refractivity contribution in [3.8, 4) is 0 Å². The van der Waals surface area contributed by atoms with Crippen LogP contribution in [0.1, 0.15) is 12.0 Å². The van der Waals surface area contributed by atoms with E-state index in [1.807, 2.05) is 53.4 Å². The van der Waals surface area contributed by atoms with Crippen molar-refractivity contribution in [1.82, 2.24) is 9.21 Å². The third kappa shape index (κ3) is 6.00. The van der Waals surface area contributed by atoms with Crippen LogP contribution in [0.3, 0.4) is 0 Å². The van der Waals surface area contributed by atoms with E-state index in [1.165, 1.54) is 4.31 Å². The van der Waals surface area contributed by atoms with Gasteiger partial charge in [-0.15, -0.1) is 0 Å². The van der Waals surface area contributed by atoms with Crippen molar-refractivity contribution in [3.05, 3.63) is 66.2 Å². The molecule has 0 spiro atoms. The van der Waals surface area contributed by atoms with Crippen LogP contribution >= 0.6 is 0 Å². The van der Waals surface area contributed by atoms with Gasteiger partial charge in [-0.3, -0.25) is 9.69 Å². The number of rotatable bonds is 7. The van der Waals surface area contributed by atoms with E-state index in [0.29, 0.717) is 38.3 Å². The molecule has 0 saturated carbocycles. The number of carbonyl (C=O) groups excluding carboxylic acids is 1. The topological polar surface area (TPSA) is 95.1 Å². The molecule has 2 heterocycles. The van der Waals surface area contributed by atoms with Crippen LogP contribution in [-0.4, -0.2) is 82.2 Å². The highest BCUT2D eigenvalue weighted by Gasteiger charge is 2.36. The largest absolute Gasteiger partial charge is 0.307 e. The monoisotopic (exact) mass is 491 g/mol. The SMILES string of the molecule is O=C(CN1CCN(S(=O)(=O)Cc2ccccc2)CC1)N(c1ccccc1)[C@H]1CCS(=O)(=O)C1. The molecule has 10 heteroatoms. The molecule has 2 aromatic carbocycles. The summed E-state index contributed by atoms with van der Waals surface area (Å²) < 4.78 is 51.1. The van der Waals surface area contributed by atoms with Crippen LogP contribution < -0.4 is 4.90 Å². The first-order valence-electron chi connectivity index (χ1n) is 11.1. The van der Waals surface area contributed by atoms with Crippen LogP contribution in [0.4, 0.5) is 5.69 Å². The van der Waals surface area contributed by atoms with Gasteiger partial charge in [0.15, 0.2) is 9.84 Å². The number of amides is 1. The summed E-state index contributed by atoms with van der Waals surface area (Å²) in [6.45, 7) is 1.67. The number of para-hydroxylation sites is 1. The zero-order chi connectivity index (χ0) is 23.5. The van der Waals surface area contributed by atoms with Gasteiger partial charge >= 0.3 is 0 Å². The van der Waals surface area contributed by atoms with Gasteiger partial charge < -0.3 is 4.90 Å². The molecule has 2 aromatic rings. The van der Waals surface area contributed by atoms with Gasteiger partial charge in [0.2, 0.25) is 15.9 Å². The third-order valence-electron chi connectivity index (χ3n) is 6.15. The molecular weight excluding hydrogens is 462 g/mol. The molecule has 178 valence electrons. The van der Waals surface area contributed by atoms with Crippen molar-refractivity contribution >= 4 is 31.5 Å². The van der Waals surface area contributed by atoms with Crippen LogP contribution in [0.2, 0.25) is 0 Å². The number of hydrogen-bond donors (Lipinski definition) is 0. The number of nitrogens with zero attached hydrogens (tertiary/aromatic N) is 3. The normalized spacial score (nSPS) is 21.6. The lowest BCUT2D eigenvalue weighted by Gasteiger charge is -2.36. The minimum atomic E-state index is -3.43. The number of benzene rings is 2. The highest BCUT2D eigenvalue weighted by atomic mass is 32.2. The zero-order valence-electron chi connectivity index (χ0n) is 18.4. The fourth-order valence-electron chi connectivity index (χ4n) is 4.44. The number of sulfone groups is 1. The maximum Gasteiger partial charge on any atom is 0.241 e. The van der Waals surface area contributed by atoms with Gasteiger partial charge in [0.25, 0.3) is 0 Å². The second-order valence-corrected chi connectivity index (χ2v) is 12.8. The molecule has 0 N–H and O–H groups in total. The molecule has 2 aliphatic rings. The summed E-state index contributed by atoms with van der Waals surface area (Å²) in [6.07, 6.45) is 0.425. The summed E-state index contributed by atoms with van der Waals surface area (Å²) in [4.78, 5) is 16.8. The first-order valence-corrected chi connectivity index (χ1v) is 14.5. The molecule has 2 aliphatic heterocycles. The molecule has 0 radical (unpaired) electrons. The highest BCUT2D eigenvalue weighted by molar-refractivity contribution is 7.91. The summed E-state index contributed by atoms with van der Waals surface area (Å²) in [6, 6.07) is 17.9. The van der Waals surface area contributed by atoms with Gasteiger partial charge in [0.05, 0.1) is 29.8 Å². The molecule has 2 saturated heterocycles. The van der Waals surface area contributed by atoms with Crippen molar-refractivity contribution in [2.24, 2.45) is 0 Å². The number of sulfonamides is 1. The number of hydrogen-bond acceptors (Lipinski definition) is 6. The highest BCUT2D eigenvalue weighted by Crippen LogP contribution is 2.25. The van der Waals surface area contributed by atoms with Crippen LogP contribution in [0.25, 0.3) is 0 Å². The Morgan fingerprint density at radius 2 is 1.55 bits per heavy atom. The lowest BCUT2D eigenvalue weighted by atomic mass is 10.1. The Labute approximate surface area is 195 Å². The molecule has 1 atom stereocenters.